The van der Waals surface area contributed by atoms with E-state index in [9.17, 15) is 34.8 Å². The molecule has 1 aromatic rings. The average Bonchev–Trinajstić information content (AvgIpc) is 2.75. The highest BCUT2D eigenvalue weighted by atomic mass is 19.1. The minimum atomic E-state index is -2.64. The number of aliphatic hydroxyl groups excluding tert-OH is 2. The van der Waals surface area contributed by atoms with Crippen molar-refractivity contribution in [1.29, 1.82) is 0 Å². The number of rotatable bonds is 5. The standard InChI is InChI=1S/C26H31FN2O7/c1-25(2,3)4-5-29-10-12-8-15(30)18-14(20(12)27)7-11-6-13-9-16(31)19(24(28)35)23(34)26(13,36)22(33)17(11)21(18)32/h8,11,13,29-30,32,34,36H,4-7,9-10H2,1-3H3,(H2,28,35)/t11?,13-,26-/m0/s1. The van der Waals surface area contributed by atoms with Gasteiger partial charge in [-0.15, -0.1) is 0 Å². The number of ketones is 2. The zero-order valence-corrected chi connectivity index (χ0v) is 20.4. The highest BCUT2D eigenvalue weighted by Gasteiger charge is 2.60. The van der Waals surface area contributed by atoms with Crippen LogP contribution in [0.2, 0.25) is 0 Å². The van der Waals surface area contributed by atoms with Crippen molar-refractivity contribution in [2.75, 3.05) is 6.54 Å². The van der Waals surface area contributed by atoms with Gasteiger partial charge in [0.1, 0.15) is 28.7 Å². The first kappa shape index (κ1) is 25.8. The number of fused-ring (bicyclic) bond motifs is 3. The molecule has 1 amide bonds. The number of hydrogen-bond donors (Lipinski definition) is 6. The molecule has 10 heteroatoms. The number of halogens is 1. The molecule has 4 rings (SSSR count). The van der Waals surface area contributed by atoms with Crippen LogP contribution in [0.5, 0.6) is 5.75 Å². The Hall–Kier alpha value is -3.24. The van der Waals surface area contributed by atoms with Crippen LogP contribution in [0.3, 0.4) is 0 Å². The van der Waals surface area contributed by atoms with Crippen molar-refractivity contribution in [3.63, 3.8) is 0 Å². The molecule has 0 heterocycles. The van der Waals surface area contributed by atoms with Crippen molar-refractivity contribution in [3.05, 3.63) is 45.5 Å². The van der Waals surface area contributed by atoms with Gasteiger partial charge in [-0.3, -0.25) is 14.4 Å². The molecular weight excluding hydrogens is 471 g/mol. The van der Waals surface area contributed by atoms with Crippen LogP contribution in [-0.2, 0) is 27.3 Å². The second-order valence-electron chi connectivity index (χ2n) is 11.1. The smallest absolute Gasteiger partial charge is 0.255 e. The van der Waals surface area contributed by atoms with Gasteiger partial charge in [0.05, 0.1) is 5.56 Å². The van der Waals surface area contributed by atoms with Crippen molar-refractivity contribution in [3.8, 4) is 5.75 Å². The molecule has 1 aromatic carbocycles. The Morgan fingerprint density at radius 3 is 2.50 bits per heavy atom. The molecule has 1 saturated carbocycles. The predicted molar refractivity (Wildman–Crippen MR) is 127 cm³/mol. The summed E-state index contributed by atoms with van der Waals surface area (Å²) < 4.78 is 15.5. The summed E-state index contributed by atoms with van der Waals surface area (Å²) in [4.78, 5) is 37.5. The van der Waals surface area contributed by atoms with Gasteiger partial charge in [-0.25, -0.2) is 4.39 Å². The third kappa shape index (κ3) is 3.98. The van der Waals surface area contributed by atoms with E-state index in [0.717, 1.165) is 6.42 Å². The van der Waals surface area contributed by atoms with E-state index in [0.29, 0.717) is 6.54 Å². The highest BCUT2D eigenvalue weighted by molar-refractivity contribution is 6.22. The van der Waals surface area contributed by atoms with Crippen LogP contribution in [0.1, 0.15) is 56.7 Å². The third-order valence-electron chi connectivity index (χ3n) is 7.44. The van der Waals surface area contributed by atoms with Crippen LogP contribution in [-0.4, -0.2) is 50.0 Å². The summed E-state index contributed by atoms with van der Waals surface area (Å²) in [5.74, 6) is -7.96. The Labute approximate surface area is 207 Å². The van der Waals surface area contributed by atoms with Crippen LogP contribution >= 0.6 is 0 Å². The van der Waals surface area contributed by atoms with Gasteiger partial charge in [-0.05, 0) is 43.2 Å². The molecule has 3 atom stereocenters. The number of Topliss-reactive ketones (excluding diaryl/α,β-unsaturated/α-hetero) is 2. The SMILES string of the molecule is CC(C)(C)CCNCc1cc(O)c2c(c1F)CC1C[C@H]3CC(=O)C(C(N)=O)=C(O)[C@@]3(O)C(=O)C1=C2O. The van der Waals surface area contributed by atoms with E-state index in [4.69, 9.17) is 5.73 Å². The normalized spacial score (nSPS) is 26.0. The first-order chi connectivity index (χ1) is 16.7. The summed E-state index contributed by atoms with van der Waals surface area (Å²) >= 11 is 0. The van der Waals surface area contributed by atoms with Crippen molar-refractivity contribution < 1.29 is 39.2 Å². The minimum Gasteiger partial charge on any atom is -0.508 e. The summed E-state index contributed by atoms with van der Waals surface area (Å²) in [6.45, 7) is 7.04. The molecule has 7 N–H and O–H groups in total. The van der Waals surface area contributed by atoms with E-state index in [2.05, 4.69) is 26.1 Å². The summed E-state index contributed by atoms with van der Waals surface area (Å²) in [5, 5.41) is 46.6. The zero-order chi connectivity index (χ0) is 26.7. The predicted octanol–water partition coefficient (Wildman–Crippen LogP) is 2.09. The number of nitrogens with two attached hydrogens (primary N) is 1. The van der Waals surface area contributed by atoms with Crippen LogP contribution < -0.4 is 11.1 Å². The lowest BCUT2D eigenvalue weighted by molar-refractivity contribution is -0.147. The molecule has 3 aliphatic carbocycles. The van der Waals surface area contributed by atoms with Crippen LogP contribution in [0.4, 0.5) is 4.39 Å². The van der Waals surface area contributed by atoms with Gasteiger partial charge in [-0.1, -0.05) is 20.8 Å². The molecule has 9 nitrogen and oxygen atoms in total. The zero-order valence-electron chi connectivity index (χ0n) is 20.4. The lowest BCUT2D eigenvalue weighted by Crippen LogP contribution is -2.58. The maximum Gasteiger partial charge on any atom is 0.255 e. The molecule has 1 unspecified atom stereocenters. The number of carbonyl (C=O) groups is 3. The van der Waals surface area contributed by atoms with Crippen molar-refractivity contribution in [2.45, 2.75) is 58.6 Å². The van der Waals surface area contributed by atoms with Gasteiger partial charge in [-0.2, -0.15) is 0 Å². The molecule has 0 bridgehead atoms. The van der Waals surface area contributed by atoms with Gasteiger partial charge < -0.3 is 31.5 Å². The summed E-state index contributed by atoms with van der Waals surface area (Å²) in [5.41, 5.74) is 1.46. The molecular formula is C26H31FN2O7. The summed E-state index contributed by atoms with van der Waals surface area (Å²) in [7, 11) is 0. The van der Waals surface area contributed by atoms with Gasteiger partial charge in [0.15, 0.2) is 11.4 Å². The van der Waals surface area contributed by atoms with Gasteiger partial charge in [0.25, 0.3) is 5.91 Å². The Kier molecular flexibility index (Phi) is 6.25. The number of aromatic hydroxyl groups is 1. The molecule has 194 valence electrons. The van der Waals surface area contributed by atoms with Crippen molar-refractivity contribution in [2.24, 2.45) is 23.0 Å². The number of benzene rings is 1. The quantitative estimate of drug-likeness (QED) is 0.263. The summed E-state index contributed by atoms with van der Waals surface area (Å²) in [6, 6.07) is 1.18. The third-order valence-corrected chi connectivity index (χ3v) is 7.44. The second kappa shape index (κ2) is 8.70. The Balaban J connectivity index is 1.74. The fourth-order valence-corrected chi connectivity index (χ4v) is 5.54. The lowest BCUT2D eigenvalue weighted by Gasteiger charge is -2.46. The van der Waals surface area contributed by atoms with E-state index >= 15 is 4.39 Å². The van der Waals surface area contributed by atoms with Gasteiger partial charge in [0.2, 0.25) is 5.78 Å². The van der Waals surface area contributed by atoms with Crippen molar-refractivity contribution >= 4 is 23.2 Å². The Morgan fingerprint density at radius 1 is 1.22 bits per heavy atom. The highest BCUT2D eigenvalue weighted by Crippen LogP contribution is 2.52. The number of phenolic OH excluding ortho intramolecular Hbond substituents is 1. The van der Waals surface area contributed by atoms with Crippen molar-refractivity contribution in [1.82, 2.24) is 5.32 Å². The fraction of sp³-hybridized carbons (Fsp3) is 0.500. The Bertz CT molecular complexity index is 1240. The number of aliphatic hydroxyl groups is 3. The first-order valence-corrected chi connectivity index (χ1v) is 11.9. The molecule has 0 aromatic heterocycles. The molecule has 0 radical (unpaired) electrons. The molecule has 0 spiro atoms. The van der Waals surface area contributed by atoms with E-state index < -0.39 is 70.0 Å². The maximum absolute atomic E-state index is 15.5. The molecule has 3 aliphatic rings. The van der Waals surface area contributed by atoms with Gasteiger partial charge >= 0.3 is 0 Å². The monoisotopic (exact) mass is 502 g/mol. The Morgan fingerprint density at radius 2 is 1.89 bits per heavy atom. The maximum atomic E-state index is 15.5. The molecule has 0 aliphatic heterocycles. The minimum absolute atomic E-state index is 0.0341. The van der Waals surface area contributed by atoms with E-state index in [-0.39, 0.29) is 47.1 Å². The number of primary amides is 1. The van der Waals surface area contributed by atoms with E-state index in [1.807, 2.05) is 0 Å². The molecule has 1 fully saturated rings. The topological polar surface area (TPSA) is 170 Å². The first-order valence-electron chi connectivity index (χ1n) is 11.9. The number of phenols is 1. The van der Waals surface area contributed by atoms with Crippen LogP contribution in [0.15, 0.2) is 23.0 Å². The number of nitrogens with one attached hydrogen (secondary N) is 1. The molecule has 36 heavy (non-hydrogen) atoms. The number of hydrogen-bond acceptors (Lipinski definition) is 8. The fourth-order valence-electron chi connectivity index (χ4n) is 5.54. The summed E-state index contributed by atoms with van der Waals surface area (Å²) in [6.07, 6.45) is 0.318. The second-order valence-corrected chi connectivity index (χ2v) is 11.1. The van der Waals surface area contributed by atoms with Crippen LogP contribution in [0.25, 0.3) is 5.76 Å². The lowest BCUT2D eigenvalue weighted by atomic mass is 9.59. The van der Waals surface area contributed by atoms with E-state index in [1.54, 1.807) is 0 Å². The number of amides is 1. The van der Waals surface area contributed by atoms with Crippen LogP contribution in [0, 0.1) is 23.1 Å². The van der Waals surface area contributed by atoms with Gasteiger partial charge in [0, 0.05) is 35.6 Å². The number of carbonyl (C=O) groups excluding carboxylic acids is 3. The molecule has 0 saturated heterocycles. The largest absolute Gasteiger partial charge is 0.508 e. The average molecular weight is 503 g/mol. The van der Waals surface area contributed by atoms with E-state index in [1.165, 1.54) is 6.07 Å².